The maximum atomic E-state index is 9.87. The third-order valence-corrected chi connectivity index (χ3v) is 3.27. The largest absolute Gasteiger partial charge is 0.394 e. The molecule has 0 aromatic heterocycles. The van der Waals surface area contributed by atoms with E-state index in [1.165, 1.54) is 0 Å². The highest BCUT2D eigenvalue weighted by molar-refractivity contribution is 4.92. The van der Waals surface area contributed by atoms with Gasteiger partial charge in [-0.2, -0.15) is 0 Å². The molecule has 0 aliphatic carbocycles. The summed E-state index contributed by atoms with van der Waals surface area (Å²) in [6, 6.07) is 0. The fourth-order valence-corrected chi connectivity index (χ4v) is 2.22. The van der Waals surface area contributed by atoms with Gasteiger partial charge in [-0.15, -0.1) is 0 Å². The number of hydrogen-bond donors (Lipinski definition) is 4. The van der Waals surface area contributed by atoms with Gasteiger partial charge in [-0.05, 0) is 0 Å². The van der Waals surface area contributed by atoms with Crippen LogP contribution in [0, 0.1) is 0 Å². The minimum atomic E-state index is -1.31. The lowest BCUT2D eigenvalue weighted by Crippen LogP contribution is -2.64. The zero-order valence-electron chi connectivity index (χ0n) is 9.47. The van der Waals surface area contributed by atoms with Crippen LogP contribution in [-0.2, 0) is 9.47 Å². The first-order chi connectivity index (χ1) is 8.15. The molecule has 2 aliphatic rings. The van der Waals surface area contributed by atoms with Crippen LogP contribution in [0.15, 0.2) is 0 Å². The minimum Gasteiger partial charge on any atom is -0.394 e. The molecule has 7 heteroatoms. The molecule has 17 heavy (non-hydrogen) atoms. The highest BCUT2D eigenvalue weighted by Gasteiger charge is 2.45. The van der Waals surface area contributed by atoms with Crippen LogP contribution >= 0.6 is 0 Å². The number of aliphatic hydroxyl groups excluding tert-OH is 4. The number of hydrogen-bond acceptors (Lipinski definition) is 7. The first-order valence-electron chi connectivity index (χ1n) is 5.77. The van der Waals surface area contributed by atoms with Gasteiger partial charge in [0.15, 0.2) is 0 Å². The Kier molecular flexibility index (Phi) is 4.31. The summed E-state index contributed by atoms with van der Waals surface area (Å²) in [5.74, 6) is 0. The van der Waals surface area contributed by atoms with Crippen molar-refractivity contribution in [3.63, 3.8) is 0 Å². The molecule has 2 aliphatic heterocycles. The standard InChI is InChI=1S/C10H19NO6/c12-5-6-7(13)8(14)9(15)10(17-6)11-1-3-16-4-2-11/h6-10,12-15H,1-5H2/t6-,7-,8+,9-,10?/m1/s1. The molecule has 4 N–H and O–H groups in total. The van der Waals surface area contributed by atoms with E-state index in [2.05, 4.69) is 0 Å². The lowest BCUT2D eigenvalue weighted by Gasteiger charge is -2.45. The molecule has 1 unspecified atom stereocenters. The van der Waals surface area contributed by atoms with Crippen LogP contribution in [0.4, 0.5) is 0 Å². The van der Waals surface area contributed by atoms with Gasteiger partial charge in [0.2, 0.25) is 0 Å². The summed E-state index contributed by atoms with van der Waals surface area (Å²) in [4.78, 5) is 1.84. The van der Waals surface area contributed by atoms with Gasteiger partial charge in [0, 0.05) is 13.1 Å². The number of nitrogens with zero attached hydrogens (tertiary/aromatic N) is 1. The van der Waals surface area contributed by atoms with Gasteiger partial charge >= 0.3 is 0 Å². The van der Waals surface area contributed by atoms with Gasteiger partial charge in [0.1, 0.15) is 30.6 Å². The molecule has 5 atom stereocenters. The van der Waals surface area contributed by atoms with Crippen molar-refractivity contribution in [1.82, 2.24) is 4.90 Å². The lowest BCUT2D eigenvalue weighted by molar-refractivity contribution is -0.270. The highest BCUT2D eigenvalue weighted by Crippen LogP contribution is 2.24. The summed E-state index contributed by atoms with van der Waals surface area (Å²) in [6.07, 6.45) is -5.36. The van der Waals surface area contributed by atoms with E-state index in [-0.39, 0.29) is 0 Å². The molecule has 0 saturated carbocycles. The van der Waals surface area contributed by atoms with Gasteiger partial charge in [0.25, 0.3) is 0 Å². The Balaban J connectivity index is 2.04. The van der Waals surface area contributed by atoms with Crippen molar-refractivity contribution < 1.29 is 29.9 Å². The summed E-state index contributed by atoms with van der Waals surface area (Å²) in [7, 11) is 0. The number of morpholine rings is 1. The van der Waals surface area contributed by atoms with Crippen molar-refractivity contribution >= 4 is 0 Å². The van der Waals surface area contributed by atoms with Gasteiger partial charge in [-0.25, -0.2) is 0 Å². The van der Waals surface area contributed by atoms with E-state index in [4.69, 9.17) is 14.6 Å². The van der Waals surface area contributed by atoms with Gasteiger partial charge in [-0.3, -0.25) is 4.90 Å². The van der Waals surface area contributed by atoms with E-state index in [0.29, 0.717) is 26.3 Å². The molecule has 7 nitrogen and oxygen atoms in total. The van der Waals surface area contributed by atoms with E-state index in [1.807, 2.05) is 4.90 Å². The van der Waals surface area contributed by atoms with Crippen LogP contribution in [0.2, 0.25) is 0 Å². The summed E-state index contributed by atoms with van der Waals surface area (Å²) in [6.45, 7) is 1.85. The van der Waals surface area contributed by atoms with Crippen molar-refractivity contribution in [2.45, 2.75) is 30.6 Å². The topological polar surface area (TPSA) is 103 Å². The molecule has 0 amide bonds. The van der Waals surface area contributed by atoms with Crippen LogP contribution in [0.5, 0.6) is 0 Å². The third-order valence-electron chi connectivity index (χ3n) is 3.27. The van der Waals surface area contributed by atoms with Crippen LogP contribution in [0.1, 0.15) is 0 Å². The average molecular weight is 249 g/mol. The van der Waals surface area contributed by atoms with Crippen molar-refractivity contribution in [3.05, 3.63) is 0 Å². The second-order valence-electron chi connectivity index (χ2n) is 4.37. The number of ether oxygens (including phenoxy) is 2. The van der Waals surface area contributed by atoms with E-state index in [1.54, 1.807) is 0 Å². The summed E-state index contributed by atoms with van der Waals surface area (Å²) < 4.78 is 10.6. The normalized spacial score (nSPS) is 44.8. The SMILES string of the molecule is OC[C@H]1OC(N2CCOCC2)[C@H](O)[C@@H](O)[C@@H]1O. The molecule has 2 saturated heterocycles. The van der Waals surface area contributed by atoms with Gasteiger partial charge in [-0.1, -0.05) is 0 Å². The maximum absolute atomic E-state index is 9.87. The molecule has 2 heterocycles. The molecule has 0 bridgehead atoms. The molecule has 2 rings (SSSR count). The first kappa shape index (κ1) is 13.2. The summed E-state index contributed by atoms with van der Waals surface area (Å²) >= 11 is 0. The minimum absolute atomic E-state index is 0.397. The van der Waals surface area contributed by atoms with E-state index in [9.17, 15) is 15.3 Å². The van der Waals surface area contributed by atoms with E-state index < -0.39 is 37.3 Å². The molecule has 0 aromatic rings. The second-order valence-corrected chi connectivity index (χ2v) is 4.37. The van der Waals surface area contributed by atoms with Gasteiger partial charge in [0.05, 0.1) is 19.8 Å². The number of rotatable bonds is 2. The Morgan fingerprint density at radius 2 is 1.65 bits per heavy atom. The fraction of sp³-hybridized carbons (Fsp3) is 1.00. The van der Waals surface area contributed by atoms with E-state index in [0.717, 1.165) is 0 Å². The third kappa shape index (κ3) is 2.60. The second kappa shape index (κ2) is 5.57. The summed E-state index contributed by atoms with van der Waals surface area (Å²) in [5.41, 5.74) is 0. The quantitative estimate of drug-likeness (QED) is 0.417. The van der Waals surface area contributed by atoms with Crippen molar-refractivity contribution in [3.8, 4) is 0 Å². The predicted molar refractivity (Wildman–Crippen MR) is 56.2 cm³/mol. The Labute approximate surface area is 99.2 Å². The van der Waals surface area contributed by atoms with Crippen molar-refractivity contribution in [2.75, 3.05) is 32.9 Å². The zero-order chi connectivity index (χ0) is 12.4. The Bertz CT molecular complexity index is 243. The monoisotopic (exact) mass is 249 g/mol. The molecular formula is C10H19NO6. The Morgan fingerprint density at radius 3 is 2.24 bits per heavy atom. The molecular weight excluding hydrogens is 230 g/mol. The van der Waals surface area contributed by atoms with Crippen LogP contribution in [-0.4, -0.2) is 88.9 Å². The predicted octanol–water partition coefficient (Wildman–Crippen LogP) is -2.88. The van der Waals surface area contributed by atoms with Crippen molar-refractivity contribution in [2.24, 2.45) is 0 Å². The maximum Gasteiger partial charge on any atom is 0.140 e. The van der Waals surface area contributed by atoms with Crippen LogP contribution < -0.4 is 0 Å². The molecule has 2 fully saturated rings. The number of aliphatic hydroxyl groups is 4. The fourth-order valence-electron chi connectivity index (χ4n) is 2.22. The van der Waals surface area contributed by atoms with E-state index >= 15 is 0 Å². The Hall–Kier alpha value is -0.280. The highest BCUT2D eigenvalue weighted by atomic mass is 16.6. The molecule has 100 valence electrons. The average Bonchev–Trinajstić information content (AvgIpc) is 2.37. The molecule has 0 aromatic carbocycles. The summed E-state index contributed by atoms with van der Waals surface area (Å²) in [5, 5.41) is 38.2. The smallest absolute Gasteiger partial charge is 0.140 e. The van der Waals surface area contributed by atoms with Gasteiger partial charge < -0.3 is 29.9 Å². The molecule has 0 spiro atoms. The zero-order valence-corrected chi connectivity index (χ0v) is 9.47. The van der Waals surface area contributed by atoms with Crippen LogP contribution in [0.25, 0.3) is 0 Å². The lowest BCUT2D eigenvalue weighted by atomic mass is 9.97. The van der Waals surface area contributed by atoms with Crippen LogP contribution in [0.3, 0.4) is 0 Å². The first-order valence-corrected chi connectivity index (χ1v) is 5.77. The van der Waals surface area contributed by atoms with Crippen molar-refractivity contribution in [1.29, 1.82) is 0 Å². The Morgan fingerprint density at radius 1 is 1.00 bits per heavy atom. The molecule has 0 radical (unpaired) electrons.